The summed E-state index contributed by atoms with van der Waals surface area (Å²) in [6, 6.07) is 11.3. The molecule has 3 rings (SSSR count). The Kier molecular flexibility index (Phi) is 6.53. The van der Waals surface area contributed by atoms with Crippen molar-refractivity contribution in [3.8, 4) is 6.07 Å². The molecule has 1 aliphatic rings. The molecule has 2 aromatic rings. The van der Waals surface area contributed by atoms with Crippen LogP contribution in [0.25, 0.3) is 0 Å². The quantitative estimate of drug-likeness (QED) is 0.546. The van der Waals surface area contributed by atoms with Crippen molar-refractivity contribution in [2.45, 2.75) is 6.42 Å². The second-order valence-corrected chi connectivity index (χ2v) is 7.29. The normalized spacial score (nSPS) is 13.6. The van der Waals surface area contributed by atoms with E-state index in [0.29, 0.717) is 36.7 Å². The molecule has 0 N–H and O–H groups in total. The van der Waals surface area contributed by atoms with Gasteiger partial charge in [0, 0.05) is 18.0 Å². The number of esters is 1. The van der Waals surface area contributed by atoms with Gasteiger partial charge in [0.25, 0.3) is 0 Å². The first-order chi connectivity index (χ1) is 13.6. The molecule has 144 valence electrons. The monoisotopic (exact) mass is 398 g/mol. The van der Waals surface area contributed by atoms with Crippen LogP contribution < -0.4 is 0 Å². The predicted molar refractivity (Wildman–Crippen MR) is 101 cm³/mol. The van der Waals surface area contributed by atoms with Crippen molar-refractivity contribution in [3.05, 3.63) is 57.3 Å². The average Bonchev–Trinajstić information content (AvgIpc) is 3.21. The Morgan fingerprint density at radius 2 is 1.82 bits per heavy atom. The smallest absolute Gasteiger partial charge is 0.338 e. The first kappa shape index (κ1) is 19.7. The van der Waals surface area contributed by atoms with E-state index in [4.69, 9.17) is 14.7 Å². The molecule has 1 aliphatic heterocycles. The maximum absolute atomic E-state index is 12.3. The van der Waals surface area contributed by atoms with E-state index < -0.39 is 5.97 Å². The minimum atomic E-state index is -0.628. The van der Waals surface area contributed by atoms with E-state index in [9.17, 15) is 14.4 Å². The standard InChI is InChI=1S/C20H18N2O5S/c21-12-14-1-3-15(4-2-14)20(25)27-13-17(23)18-6-5-16(28-18)11-19(24)22-7-9-26-10-8-22/h1-6H,7-11,13H2. The van der Waals surface area contributed by atoms with Crippen molar-refractivity contribution in [3.63, 3.8) is 0 Å². The summed E-state index contributed by atoms with van der Waals surface area (Å²) in [4.78, 5) is 39.5. The Hall–Kier alpha value is -3.02. The minimum absolute atomic E-state index is 0.0105. The van der Waals surface area contributed by atoms with Crippen LogP contribution >= 0.6 is 11.3 Å². The van der Waals surface area contributed by atoms with Crippen LogP contribution in [0.3, 0.4) is 0 Å². The Balaban J connectivity index is 1.51. The predicted octanol–water partition coefficient (Wildman–Crippen LogP) is 2.06. The molecule has 0 atom stereocenters. The van der Waals surface area contributed by atoms with Crippen LogP contribution in [-0.2, 0) is 20.7 Å². The second kappa shape index (κ2) is 9.26. The maximum atomic E-state index is 12.3. The van der Waals surface area contributed by atoms with Crippen LogP contribution in [0.4, 0.5) is 0 Å². The van der Waals surface area contributed by atoms with E-state index in [-0.39, 0.29) is 30.3 Å². The number of nitriles is 1. The lowest BCUT2D eigenvalue weighted by Crippen LogP contribution is -2.41. The molecule has 8 heteroatoms. The molecule has 0 saturated carbocycles. The van der Waals surface area contributed by atoms with Gasteiger partial charge in [0.15, 0.2) is 6.61 Å². The third kappa shape index (κ3) is 5.03. The van der Waals surface area contributed by atoms with Gasteiger partial charge in [-0.25, -0.2) is 4.79 Å². The van der Waals surface area contributed by atoms with Gasteiger partial charge in [0.2, 0.25) is 11.7 Å². The van der Waals surface area contributed by atoms with Crippen LogP contribution in [0, 0.1) is 11.3 Å². The highest BCUT2D eigenvalue weighted by atomic mass is 32.1. The molecule has 0 aliphatic carbocycles. The van der Waals surface area contributed by atoms with Crippen molar-refractivity contribution in [2.75, 3.05) is 32.9 Å². The summed E-state index contributed by atoms with van der Waals surface area (Å²) in [5, 5.41) is 8.76. The Morgan fingerprint density at radius 1 is 1.11 bits per heavy atom. The van der Waals surface area contributed by atoms with E-state index in [2.05, 4.69) is 0 Å². The fourth-order valence-corrected chi connectivity index (χ4v) is 3.59. The summed E-state index contributed by atoms with van der Waals surface area (Å²) in [7, 11) is 0. The van der Waals surface area contributed by atoms with Gasteiger partial charge in [-0.2, -0.15) is 5.26 Å². The molecule has 1 aromatic heterocycles. The largest absolute Gasteiger partial charge is 0.454 e. The zero-order chi connectivity index (χ0) is 19.9. The number of amides is 1. The SMILES string of the molecule is N#Cc1ccc(C(=O)OCC(=O)c2ccc(CC(=O)N3CCOCC3)s2)cc1. The summed E-state index contributed by atoms with van der Waals surface area (Å²) in [5.74, 6) is -0.939. The van der Waals surface area contributed by atoms with Gasteiger partial charge in [-0.15, -0.1) is 11.3 Å². The first-order valence-electron chi connectivity index (χ1n) is 8.71. The van der Waals surface area contributed by atoms with Gasteiger partial charge in [-0.3, -0.25) is 9.59 Å². The number of rotatable bonds is 6. The van der Waals surface area contributed by atoms with Gasteiger partial charge in [-0.1, -0.05) is 0 Å². The zero-order valence-corrected chi connectivity index (χ0v) is 15.9. The molecule has 1 saturated heterocycles. The number of benzene rings is 1. The van der Waals surface area contributed by atoms with Gasteiger partial charge >= 0.3 is 5.97 Å². The number of hydrogen-bond acceptors (Lipinski definition) is 7. The van der Waals surface area contributed by atoms with E-state index in [0.717, 1.165) is 4.88 Å². The number of Topliss-reactive ketones (excluding diaryl/α,β-unsaturated/α-hetero) is 1. The third-order valence-corrected chi connectivity index (χ3v) is 5.34. The molecule has 1 aromatic carbocycles. The van der Waals surface area contributed by atoms with Crippen molar-refractivity contribution >= 4 is 29.0 Å². The van der Waals surface area contributed by atoms with Crippen molar-refractivity contribution in [1.29, 1.82) is 5.26 Å². The number of thiophene rings is 1. The highest BCUT2D eigenvalue weighted by Gasteiger charge is 2.19. The molecule has 0 spiro atoms. The number of ketones is 1. The molecule has 0 bridgehead atoms. The van der Waals surface area contributed by atoms with Crippen LogP contribution in [0.2, 0.25) is 0 Å². The third-order valence-electron chi connectivity index (χ3n) is 4.21. The fraction of sp³-hybridized carbons (Fsp3) is 0.300. The number of carbonyl (C=O) groups excluding carboxylic acids is 3. The molecule has 2 heterocycles. The Labute approximate surface area is 166 Å². The second-order valence-electron chi connectivity index (χ2n) is 6.12. The minimum Gasteiger partial charge on any atom is -0.454 e. The zero-order valence-electron chi connectivity index (χ0n) is 15.1. The average molecular weight is 398 g/mol. The van der Waals surface area contributed by atoms with Gasteiger partial charge < -0.3 is 14.4 Å². The van der Waals surface area contributed by atoms with Gasteiger partial charge in [0.05, 0.1) is 41.7 Å². The topological polar surface area (TPSA) is 96.7 Å². The molecule has 0 unspecified atom stereocenters. The Bertz CT molecular complexity index is 907. The lowest BCUT2D eigenvalue weighted by molar-refractivity contribution is -0.134. The summed E-state index contributed by atoms with van der Waals surface area (Å²) in [6.07, 6.45) is 0.239. The highest BCUT2D eigenvalue weighted by Crippen LogP contribution is 2.19. The lowest BCUT2D eigenvalue weighted by atomic mass is 10.1. The summed E-state index contributed by atoms with van der Waals surface area (Å²) < 4.78 is 10.3. The van der Waals surface area contributed by atoms with Gasteiger partial charge in [0.1, 0.15) is 0 Å². The molecular weight excluding hydrogens is 380 g/mol. The Morgan fingerprint density at radius 3 is 2.50 bits per heavy atom. The van der Waals surface area contributed by atoms with E-state index >= 15 is 0 Å². The molecule has 1 amide bonds. The number of morpholine rings is 1. The lowest BCUT2D eigenvalue weighted by Gasteiger charge is -2.26. The first-order valence-corrected chi connectivity index (χ1v) is 9.53. The number of ether oxygens (including phenoxy) is 2. The van der Waals surface area contributed by atoms with E-state index in [1.165, 1.54) is 35.6 Å². The highest BCUT2D eigenvalue weighted by molar-refractivity contribution is 7.14. The fourth-order valence-electron chi connectivity index (χ4n) is 2.66. The van der Waals surface area contributed by atoms with Crippen LogP contribution in [0.1, 0.15) is 30.5 Å². The van der Waals surface area contributed by atoms with Crippen LogP contribution in [-0.4, -0.2) is 55.5 Å². The summed E-state index contributed by atoms with van der Waals surface area (Å²) in [5.41, 5.74) is 0.708. The van der Waals surface area contributed by atoms with Gasteiger partial charge in [-0.05, 0) is 36.4 Å². The molecule has 7 nitrogen and oxygen atoms in total. The molecule has 1 fully saturated rings. The number of hydrogen-bond donors (Lipinski definition) is 0. The number of carbonyl (C=O) groups is 3. The summed E-state index contributed by atoms with van der Waals surface area (Å²) >= 11 is 1.23. The molecule has 28 heavy (non-hydrogen) atoms. The van der Waals surface area contributed by atoms with Crippen molar-refractivity contribution < 1.29 is 23.9 Å². The van der Waals surface area contributed by atoms with Crippen molar-refractivity contribution in [2.24, 2.45) is 0 Å². The van der Waals surface area contributed by atoms with E-state index in [1.54, 1.807) is 17.0 Å². The molecular formula is C20H18N2O5S. The molecule has 0 radical (unpaired) electrons. The van der Waals surface area contributed by atoms with E-state index in [1.807, 2.05) is 6.07 Å². The maximum Gasteiger partial charge on any atom is 0.338 e. The van der Waals surface area contributed by atoms with Crippen LogP contribution in [0.5, 0.6) is 0 Å². The van der Waals surface area contributed by atoms with Crippen LogP contribution in [0.15, 0.2) is 36.4 Å². The van der Waals surface area contributed by atoms with Crippen molar-refractivity contribution in [1.82, 2.24) is 4.90 Å². The number of nitrogens with zero attached hydrogens (tertiary/aromatic N) is 2. The summed E-state index contributed by atoms with van der Waals surface area (Å²) in [6.45, 7) is 1.88.